The highest BCUT2D eigenvalue weighted by molar-refractivity contribution is 7.92. The minimum Gasteiger partial charge on any atom is -0.455 e. The number of carbonyl (C=O) groups excluding carboxylic acids is 1. The quantitative estimate of drug-likeness (QED) is 0.315. The topological polar surface area (TPSA) is 75.7 Å². The maximum Gasteiger partial charge on any atom is 0.262 e. The predicted molar refractivity (Wildman–Crippen MR) is 142 cm³/mol. The molecule has 36 heavy (non-hydrogen) atoms. The molecule has 1 aliphatic rings. The molecule has 4 aromatic rings. The van der Waals surface area contributed by atoms with Crippen LogP contribution in [0.15, 0.2) is 102 Å². The lowest BCUT2D eigenvalue weighted by Gasteiger charge is -2.23. The van der Waals surface area contributed by atoms with Crippen molar-refractivity contribution in [1.29, 1.82) is 0 Å². The number of para-hydroxylation sites is 1. The molecule has 4 aromatic carbocycles. The summed E-state index contributed by atoms with van der Waals surface area (Å²) in [4.78, 5) is 14.9. The molecule has 0 spiro atoms. The Hall–Kier alpha value is -3.81. The number of hydrogen-bond donors (Lipinski definition) is 1. The molecular formula is C28H23ClN2O4S. The smallest absolute Gasteiger partial charge is 0.262 e. The summed E-state index contributed by atoms with van der Waals surface area (Å²) in [6.07, 6.45) is 0.552. The highest BCUT2D eigenvalue weighted by Crippen LogP contribution is 2.37. The third kappa shape index (κ3) is 4.80. The van der Waals surface area contributed by atoms with Crippen LogP contribution in [0, 0.1) is 0 Å². The molecule has 1 heterocycles. The third-order valence-electron chi connectivity index (χ3n) is 5.97. The van der Waals surface area contributed by atoms with Crippen molar-refractivity contribution in [2.45, 2.75) is 24.3 Å². The molecule has 1 atom stereocenters. The molecule has 0 bridgehead atoms. The lowest BCUT2D eigenvalue weighted by Crippen LogP contribution is -2.35. The van der Waals surface area contributed by atoms with Crippen LogP contribution in [-0.2, 0) is 16.4 Å². The number of halogens is 1. The van der Waals surface area contributed by atoms with Crippen molar-refractivity contribution in [3.8, 4) is 11.5 Å². The van der Waals surface area contributed by atoms with Gasteiger partial charge in [-0.25, -0.2) is 8.42 Å². The fraction of sp³-hybridized carbons (Fsp3) is 0.107. The van der Waals surface area contributed by atoms with Gasteiger partial charge in [0.05, 0.1) is 10.6 Å². The number of ether oxygens (including phenoxy) is 1. The number of anilines is 2. The first-order chi connectivity index (χ1) is 17.3. The fourth-order valence-electron chi connectivity index (χ4n) is 4.29. The highest BCUT2D eigenvalue weighted by atomic mass is 35.5. The number of hydrogen-bond acceptors (Lipinski definition) is 4. The predicted octanol–water partition coefficient (Wildman–Crippen LogP) is 6.52. The summed E-state index contributed by atoms with van der Waals surface area (Å²) >= 11 is 6.16. The zero-order valence-electron chi connectivity index (χ0n) is 19.4. The molecule has 0 unspecified atom stereocenters. The number of rotatable bonds is 6. The average molecular weight is 519 g/mol. The van der Waals surface area contributed by atoms with Crippen LogP contribution in [-0.4, -0.2) is 20.4 Å². The SMILES string of the molecule is C[C@@H]1Cc2cc(S(=O)(=O)Nc3cc(Cl)ccc3Oc3ccccc3)ccc2N1C(=O)c1ccccc1. The normalized spacial score (nSPS) is 14.8. The Bertz CT molecular complexity index is 1530. The number of carbonyl (C=O) groups is 1. The van der Waals surface area contributed by atoms with Crippen molar-refractivity contribution < 1.29 is 17.9 Å². The van der Waals surface area contributed by atoms with Crippen LogP contribution in [0.1, 0.15) is 22.8 Å². The zero-order valence-corrected chi connectivity index (χ0v) is 21.0. The second-order valence-corrected chi connectivity index (χ2v) is 10.7. The van der Waals surface area contributed by atoms with E-state index in [9.17, 15) is 13.2 Å². The molecule has 8 heteroatoms. The summed E-state index contributed by atoms with van der Waals surface area (Å²) in [5.74, 6) is 0.774. The molecule has 5 rings (SSSR count). The summed E-state index contributed by atoms with van der Waals surface area (Å²) in [5.41, 5.74) is 2.32. The van der Waals surface area contributed by atoms with E-state index in [4.69, 9.17) is 16.3 Å². The van der Waals surface area contributed by atoms with Gasteiger partial charge >= 0.3 is 0 Å². The van der Waals surface area contributed by atoms with E-state index in [0.29, 0.717) is 34.2 Å². The molecule has 0 fully saturated rings. The number of amides is 1. The van der Waals surface area contributed by atoms with E-state index in [2.05, 4.69) is 4.72 Å². The molecule has 182 valence electrons. The Morgan fingerprint density at radius 1 is 0.944 bits per heavy atom. The Balaban J connectivity index is 1.43. The van der Waals surface area contributed by atoms with Gasteiger partial charge in [0.2, 0.25) is 0 Å². The van der Waals surface area contributed by atoms with Crippen LogP contribution in [0.25, 0.3) is 0 Å². The number of benzene rings is 4. The molecule has 1 aliphatic heterocycles. The van der Waals surface area contributed by atoms with Gasteiger partial charge in [0, 0.05) is 22.3 Å². The minimum atomic E-state index is -3.97. The molecule has 0 radical (unpaired) electrons. The van der Waals surface area contributed by atoms with E-state index in [-0.39, 0.29) is 22.5 Å². The van der Waals surface area contributed by atoms with Crippen molar-refractivity contribution in [3.05, 3.63) is 113 Å². The zero-order chi connectivity index (χ0) is 25.3. The Morgan fingerprint density at radius 2 is 1.64 bits per heavy atom. The lowest BCUT2D eigenvalue weighted by atomic mass is 10.1. The molecule has 0 saturated heterocycles. The average Bonchev–Trinajstić information content (AvgIpc) is 3.21. The van der Waals surface area contributed by atoms with E-state index in [1.54, 1.807) is 53.4 Å². The summed E-state index contributed by atoms with van der Waals surface area (Å²) in [7, 11) is -3.97. The number of nitrogens with one attached hydrogen (secondary N) is 1. The monoisotopic (exact) mass is 518 g/mol. The Morgan fingerprint density at radius 3 is 2.36 bits per heavy atom. The van der Waals surface area contributed by atoms with Gasteiger partial charge in [-0.1, -0.05) is 48.0 Å². The highest BCUT2D eigenvalue weighted by Gasteiger charge is 2.32. The molecule has 0 aliphatic carbocycles. The van der Waals surface area contributed by atoms with E-state index in [1.807, 2.05) is 43.3 Å². The summed E-state index contributed by atoms with van der Waals surface area (Å²) in [5, 5.41) is 0.367. The second-order valence-electron chi connectivity index (χ2n) is 8.55. The number of fused-ring (bicyclic) bond motifs is 1. The van der Waals surface area contributed by atoms with E-state index >= 15 is 0 Å². The minimum absolute atomic E-state index is 0.0908. The van der Waals surface area contributed by atoms with Crippen LogP contribution < -0.4 is 14.4 Å². The van der Waals surface area contributed by atoms with Gasteiger partial charge < -0.3 is 9.64 Å². The molecular weight excluding hydrogens is 496 g/mol. The number of nitrogens with zero attached hydrogens (tertiary/aromatic N) is 1. The summed E-state index contributed by atoms with van der Waals surface area (Å²) in [6.45, 7) is 1.95. The Kier molecular flexibility index (Phi) is 6.43. The maximum absolute atomic E-state index is 13.3. The molecule has 1 N–H and O–H groups in total. The van der Waals surface area contributed by atoms with Crippen molar-refractivity contribution in [3.63, 3.8) is 0 Å². The van der Waals surface area contributed by atoms with Crippen molar-refractivity contribution in [2.75, 3.05) is 9.62 Å². The van der Waals surface area contributed by atoms with Gasteiger partial charge in [-0.2, -0.15) is 0 Å². The van der Waals surface area contributed by atoms with E-state index in [0.717, 1.165) is 5.56 Å². The first-order valence-electron chi connectivity index (χ1n) is 11.4. The largest absolute Gasteiger partial charge is 0.455 e. The van der Waals surface area contributed by atoms with Gasteiger partial charge in [0.1, 0.15) is 5.75 Å². The third-order valence-corrected chi connectivity index (χ3v) is 7.57. The van der Waals surface area contributed by atoms with Crippen molar-refractivity contribution in [2.24, 2.45) is 0 Å². The second kappa shape index (κ2) is 9.68. The van der Waals surface area contributed by atoms with Crippen LogP contribution in [0.2, 0.25) is 5.02 Å². The van der Waals surface area contributed by atoms with Gasteiger partial charge in [0.15, 0.2) is 5.75 Å². The van der Waals surface area contributed by atoms with Crippen LogP contribution >= 0.6 is 11.6 Å². The van der Waals surface area contributed by atoms with Crippen LogP contribution in [0.4, 0.5) is 11.4 Å². The van der Waals surface area contributed by atoms with Crippen LogP contribution in [0.3, 0.4) is 0 Å². The van der Waals surface area contributed by atoms with E-state index in [1.165, 1.54) is 12.1 Å². The van der Waals surface area contributed by atoms with Gasteiger partial charge in [-0.05, 0) is 79.6 Å². The fourth-order valence-corrected chi connectivity index (χ4v) is 5.58. The van der Waals surface area contributed by atoms with Crippen LogP contribution in [0.5, 0.6) is 11.5 Å². The van der Waals surface area contributed by atoms with Crippen molar-refractivity contribution in [1.82, 2.24) is 0 Å². The molecule has 1 amide bonds. The molecule has 6 nitrogen and oxygen atoms in total. The Labute approximate surface area is 215 Å². The lowest BCUT2D eigenvalue weighted by molar-refractivity contribution is 0.0981. The summed E-state index contributed by atoms with van der Waals surface area (Å²) < 4.78 is 35.2. The first kappa shape index (κ1) is 23.9. The standard InChI is InChI=1S/C28H23ClN2O4S/c1-19-16-21-17-24(13-14-26(21)31(19)28(32)20-8-4-2-5-9-20)36(33,34)30-25-18-22(29)12-15-27(25)35-23-10-6-3-7-11-23/h2-15,17-19,30H,16H2,1H3/t19-/m1/s1. The molecule has 0 aromatic heterocycles. The number of sulfonamides is 1. The van der Waals surface area contributed by atoms with Gasteiger partial charge in [-0.15, -0.1) is 0 Å². The van der Waals surface area contributed by atoms with Gasteiger partial charge in [0.25, 0.3) is 15.9 Å². The first-order valence-corrected chi connectivity index (χ1v) is 13.2. The van der Waals surface area contributed by atoms with Crippen molar-refractivity contribution >= 4 is 38.9 Å². The van der Waals surface area contributed by atoms with E-state index < -0.39 is 10.0 Å². The summed E-state index contributed by atoms with van der Waals surface area (Å²) in [6, 6.07) is 27.6. The van der Waals surface area contributed by atoms with Gasteiger partial charge in [-0.3, -0.25) is 9.52 Å². The maximum atomic E-state index is 13.3. The molecule has 0 saturated carbocycles.